The lowest BCUT2D eigenvalue weighted by Crippen LogP contribution is -2.55. The molecule has 6 heterocycles. The number of nitrogens with zero attached hydrogens (tertiary/aromatic N) is 9. The van der Waals surface area contributed by atoms with Gasteiger partial charge in [-0.05, 0) is 25.2 Å². The van der Waals surface area contributed by atoms with E-state index >= 15 is 0 Å². The number of carbonyl (C=O) groups excluding carboxylic acids is 1. The number of aromatic nitrogens is 4. The predicted octanol–water partition coefficient (Wildman–Crippen LogP) is 3.00. The summed E-state index contributed by atoms with van der Waals surface area (Å²) in [6, 6.07) is 10.4. The second kappa shape index (κ2) is 10.6. The van der Waals surface area contributed by atoms with Gasteiger partial charge in [0.1, 0.15) is 16.6 Å². The number of anilines is 3. The van der Waals surface area contributed by atoms with Gasteiger partial charge in [0.05, 0.1) is 18.3 Å². The maximum Gasteiger partial charge on any atom is 0.236 e. The van der Waals surface area contributed by atoms with Crippen LogP contribution >= 0.6 is 22.7 Å². The van der Waals surface area contributed by atoms with Crippen molar-refractivity contribution in [1.82, 2.24) is 29.4 Å². The number of imidazole rings is 1. The first kappa shape index (κ1) is 27.3. The number of aryl methyl sites for hydroxylation is 2. The minimum absolute atomic E-state index is 0.120. The predicted molar refractivity (Wildman–Crippen MR) is 164 cm³/mol. The molecule has 3 aromatic heterocycles. The van der Waals surface area contributed by atoms with Crippen molar-refractivity contribution in [2.24, 2.45) is 11.8 Å². The highest BCUT2D eigenvalue weighted by Crippen LogP contribution is 2.40. The second-order valence-corrected chi connectivity index (χ2v) is 13.5. The van der Waals surface area contributed by atoms with E-state index in [1.165, 1.54) is 11.3 Å². The number of nitriles is 1. The summed E-state index contributed by atoms with van der Waals surface area (Å²) in [6.45, 7) is 9.16. The Morgan fingerprint density at radius 2 is 1.81 bits per heavy atom. The molecule has 3 saturated heterocycles. The van der Waals surface area contributed by atoms with E-state index < -0.39 is 0 Å². The number of amides is 1. The van der Waals surface area contributed by atoms with Crippen LogP contribution in [0.5, 0.6) is 0 Å². The highest BCUT2D eigenvalue weighted by Gasteiger charge is 2.42. The van der Waals surface area contributed by atoms with Crippen LogP contribution in [0.2, 0.25) is 0 Å². The van der Waals surface area contributed by atoms with Crippen molar-refractivity contribution in [2.45, 2.75) is 26.4 Å². The zero-order valence-corrected chi connectivity index (χ0v) is 25.5. The third-order valence-electron chi connectivity index (χ3n) is 8.63. The maximum absolute atomic E-state index is 12.5. The van der Waals surface area contributed by atoms with Gasteiger partial charge in [0, 0.05) is 51.9 Å². The molecule has 218 valence electrons. The molecule has 0 spiro atoms. The lowest BCUT2D eigenvalue weighted by atomic mass is 10.0. The van der Waals surface area contributed by atoms with Crippen LogP contribution in [0.1, 0.15) is 23.1 Å². The minimum atomic E-state index is -0.360. The number of fused-ring (bicyclic) bond motifs is 2. The quantitative estimate of drug-likeness (QED) is 0.340. The summed E-state index contributed by atoms with van der Waals surface area (Å²) in [5, 5.41) is 26.1. The Morgan fingerprint density at radius 1 is 1.10 bits per heavy atom. The van der Waals surface area contributed by atoms with E-state index in [-0.39, 0.29) is 12.0 Å². The Kier molecular flexibility index (Phi) is 6.89. The fourth-order valence-electron chi connectivity index (χ4n) is 6.32. The first-order valence-electron chi connectivity index (χ1n) is 14.3. The standard InChI is InChI=1S/C29H33N9O2S2/c1-4-22-26(34(3)27-32-25(23(9-30)41-27)18-7-5-17(2)6-8-18)38-28(31-22)42-29(33-38)37-12-19-10-35(11-20(19)13-37)16-24(40)36-14-21(39)15-36/h5-8,19-21,39H,4,10-16H2,1-3H3. The average Bonchev–Trinajstić information content (AvgIpc) is 3.76. The molecular formula is C29H33N9O2S2. The Balaban J connectivity index is 1.09. The highest BCUT2D eigenvalue weighted by atomic mass is 32.1. The molecule has 2 atom stereocenters. The Bertz CT molecular complexity index is 1670. The molecule has 1 N–H and O–H groups in total. The SMILES string of the molecule is CCc1nc2sc(N3CC4CN(CC(=O)N5CC(O)C5)CC4C3)nn2c1N(C)c1nc(-c2ccc(C)cc2)c(C#N)s1. The molecule has 4 aromatic rings. The fraction of sp³-hybridized carbons (Fsp3) is 0.483. The molecule has 0 radical (unpaired) electrons. The fourth-order valence-corrected chi connectivity index (χ4v) is 8.10. The van der Waals surface area contributed by atoms with Crippen LogP contribution in [0.25, 0.3) is 16.2 Å². The van der Waals surface area contributed by atoms with Crippen molar-refractivity contribution < 1.29 is 9.90 Å². The van der Waals surface area contributed by atoms with Crippen molar-refractivity contribution in [1.29, 1.82) is 5.26 Å². The van der Waals surface area contributed by atoms with Gasteiger partial charge in [-0.1, -0.05) is 59.4 Å². The van der Waals surface area contributed by atoms with Crippen LogP contribution in [0, 0.1) is 30.1 Å². The number of thiazole rings is 1. The summed E-state index contributed by atoms with van der Waals surface area (Å²) >= 11 is 2.99. The van der Waals surface area contributed by atoms with Crippen molar-refractivity contribution >= 4 is 49.6 Å². The molecule has 3 aliphatic rings. The number of hydrogen-bond acceptors (Lipinski definition) is 11. The number of rotatable bonds is 7. The molecule has 1 aromatic carbocycles. The van der Waals surface area contributed by atoms with Gasteiger partial charge in [-0.15, -0.1) is 5.10 Å². The number of carbonyl (C=O) groups is 1. The number of aliphatic hydroxyl groups excluding tert-OH is 1. The van der Waals surface area contributed by atoms with Crippen LogP contribution in [0.15, 0.2) is 24.3 Å². The second-order valence-electron chi connectivity index (χ2n) is 11.6. The smallest absolute Gasteiger partial charge is 0.236 e. The largest absolute Gasteiger partial charge is 0.389 e. The molecule has 3 aliphatic heterocycles. The summed E-state index contributed by atoms with van der Waals surface area (Å²) in [7, 11) is 1.97. The summed E-state index contributed by atoms with van der Waals surface area (Å²) in [4.78, 5) is 32.1. The van der Waals surface area contributed by atoms with Crippen molar-refractivity contribution in [2.75, 3.05) is 62.7 Å². The van der Waals surface area contributed by atoms with Gasteiger partial charge in [0.25, 0.3) is 0 Å². The van der Waals surface area contributed by atoms with Gasteiger partial charge in [-0.25, -0.2) is 9.97 Å². The number of β-amino-alcohol motifs (C(OH)–C–C–N with tert-alkyl or cyclic N) is 1. The maximum atomic E-state index is 12.5. The normalized spacial score (nSPS) is 20.7. The van der Waals surface area contributed by atoms with E-state index in [2.05, 4.69) is 22.8 Å². The lowest BCUT2D eigenvalue weighted by Gasteiger charge is -2.37. The summed E-state index contributed by atoms with van der Waals surface area (Å²) < 4.78 is 1.93. The number of hydrogen-bond donors (Lipinski definition) is 1. The molecule has 11 nitrogen and oxygen atoms in total. The van der Waals surface area contributed by atoms with Crippen LogP contribution in [0.3, 0.4) is 0 Å². The van der Waals surface area contributed by atoms with Gasteiger partial charge in [0.2, 0.25) is 16.0 Å². The number of benzene rings is 1. The van der Waals surface area contributed by atoms with Crippen molar-refractivity contribution in [3.05, 3.63) is 40.4 Å². The van der Waals surface area contributed by atoms with E-state index in [4.69, 9.17) is 15.1 Å². The Hall–Kier alpha value is -3.57. The van der Waals surface area contributed by atoms with E-state index in [0.29, 0.717) is 42.0 Å². The summed E-state index contributed by atoms with van der Waals surface area (Å²) in [5.74, 6) is 2.01. The molecule has 3 fully saturated rings. The molecule has 0 saturated carbocycles. The van der Waals surface area contributed by atoms with Gasteiger partial charge in [-0.3, -0.25) is 9.69 Å². The molecule has 13 heteroatoms. The van der Waals surface area contributed by atoms with Crippen LogP contribution in [-0.4, -0.2) is 99.4 Å². The molecule has 0 aliphatic carbocycles. The van der Waals surface area contributed by atoms with Crippen LogP contribution in [-0.2, 0) is 11.2 Å². The topological polar surface area (TPSA) is 117 Å². The molecular weight excluding hydrogens is 571 g/mol. The first-order valence-corrected chi connectivity index (χ1v) is 16.0. The van der Waals surface area contributed by atoms with Gasteiger partial charge < -0.3 is 19.8 Å². The highest BCUT2D eigenvalue weighted by molar-refractivity contribution is 7.20. The first-order chi connectivity index (χ1) is 20.3. The lowest BCUT2D eigenvalue weighted by molar-refractivity contribution is -0.142. The summed E-state index contributed by atoms with van der Waals surface area (Å²) in [5.41, 5.74) is 3.74. The zero-order valence-electron chi connectivity index (χ0n) is 23.9. The Labute approximate surface area is 252 Å². The minimum Gasteiger partial charge on any atom is -0.389 e. The van der Waals surface area contributed by atoms with E-state index in [9.17, 15) is 15.2 Å². The third-order valence-corrected chi connectivity index (χ3v) is 10.6. The number of aliphatic hydroxyl groups is 1. The third kappa shape index (κ3) is 4.72. The Morgan fingerprint density at radius 3 is 2.45 bits per heavy atom. The zero-order chi connectivity index (χ0) is 29.1. The average molecular weight is 604 g/mol. The number of likely N-dealkylation sites (tertiary alicyclic amines) is 2. The van der Waals surface area contributed by atoms with E-state index in [0.717, 1.165) is 70.5 Å². The van der Waals surface area contributed by atoms with Gasteiger partial charge >= 0.3 is 0 Å². The van der Waals surface area contributed by atoms with Crippen LogP contribution in [0.4, 0.5) is 16.1 Å². The van der Waals surface area contributed by atoms with Gasteiger partial charge in [-0.2, -0.15) is 9.78 Å². The van der Waals surface area contributed by atoms with Crippen molar-refractivity contribution in [3.63, 3.8) is 0 Å². The monoisotopic (exact) mass is 603 g/mol. The van der Waals surface area contributed by atoms with Crippen molar-refractivity contribution in [3.8, 4) is 17.3 Å². The summed E-state index contributed by atoms with van der Waals surface area (Å²) in [6.07, 6.45) is 0.395. The van der Waals surface area contributed by atoms with E-state index in [1.807, 2.05) is 47.7 Å². The van der Waals surface area contributed by atoms with Crippen LogP contribution < -0.4 is 9.80 Å². The molecule has 1 amide bonds. The van der Waals surface area contributed by atoms with E-state index in [1.54, 1.807) is 16.2 Å². The molecule has 42 heavy (non-hydrogen) atoms. The molecule has 7 rings (SSSR count). The van der Waals surface area contributed by atoms with Gasteiger partial charge in [0.15, 0.2) is 10.9 Å². The molecule has 0 bridgehead atoms. The molecule has 2 unspecified atom stereocenters.